The highest BCUT2D eigenvalue weighted by Crippen LogP contribution is 2.07. The summed E-state index contributed by atoms with van der Waals surface area (Å²) in [6.07, 6.45) is 1.15. The second-order valence-electron chi connectivity index (χ2n) is 5.39. The number of carbonyl (C=O) groups is 2. The van der Waals surface area contributed by atoms with Crippen molar-refractivity contribution in [3.63, 3.8) is 0 Å². The van der Waals surface area contributed by atoms with E-state index in [1.54, 1.807) is 31.2 Å². The molecule has 25 heavy (non-hydrogen) atoms. The van der Waals surface area contributed by atoms with Crippen molar-refractivity contribution in [1.82, 2.24) is 5.32 Å². The normalized spacial score (nSPS) is 12.3. The van der Waals surface area contributed by atoms with Crippen LogP contribution in [0.25, 0.3) is 0 Å². The van der Waals surface area contributed by atoms with Crippen molar-refractivity contribution in [2.75, 3.05) is 7.11 Å². The lowest BCUT2D eigenvalue weighted by atomic mass is 10.2. The molecule has 130 valence electrons. The highest BCUT2D eigenvalue weighted by atomic mass is 16.5. The van der Waals surface area contributed by atoms with Crippen molar-refractivity contribution in [3.05, 3.63) is 83.6 Å². The number of rotatable bonds is 7. The molecule has 0 saturated carbocycles. The summed E-state index contributed by atoms with van der Waals surface area (Å²) in [6, 6.07) is 18.3. The molecular formula is C20H21NO4. The fraction of sp³-hybridized carbons (Fsp3) is 0.200. The van der Waals surface area contributed by atoms with Gasteiger partial charge in [-0.3, -0.25) is 4.79 Å². The van der Waals surface area contributed by atoms with Crippen LogP contribution in [-0.2, 0) is 20.9 Å². The van der Waals surface area contributed by atoms with Gasteiger partial charge in [-0.25, -0.2) is 4.79 Å². The molecule has 0 saturated heterocycles. The third-order valence-electron chi connectivity index (χ3n) is 3.45. The van der Waals surface area contributed by atoms with Crippen LogP contribution >= 0.6 is 0 Å². The van der Waals surface area contributed by atoms with E-state index < -0.39 is 5.97 Å². The Morgan fingerprint density at radius 1 is 1.04 bits per heavy atom. The third kappa shape index (κ3) is 5.90. The molecule has 2 aromatic rings. The number of esters is 1. The number of hydrogen-bond acceptors (Lipinski definition) is 4. The van der Waals surface area contributed by atoms with Gasteiger partial charge in [-0.05, 0) is 30.7 Å². The molecule has 2 aromatic carbocycles. The molecular weight excluding hydrogens is 318 g/mol. The van der Waals surface area contributed by atoms with Crippen molar-refractivity contribution >= 4 is 11.9 Å². The Balaban J connectivity index is 2.04. The number of ether oxygens (including phenoxy) is 2. The molecule has 0 aliphatic heterocycles. The van der Waals surface area contributed by atoms with Crippen molar-refractivity contribution < 1.29 is 19.1 Å². The topological polar surface area (TPSA) is 64.6 Å². The van der Waals surface area contributed by atoms with Crippen LogP contribution in [0.5, 0.6) is 0 Å². The van der Waals surface area contributed by atoms with E-state index >= 15 is 0 Å². The molecule has 0 radical (unpaired) electrons. The zero-order chi connectivity index (χ0) is 18.1. The summed E-state index contributed by atoms with van der Waals surface area (Å²) in [5.74, 6) is -1.01. The largest absolute Gasteiger partial charge is 0.464 e. The fourth-order valence-electron chi connectivity index (χ4n) is 2.14. The minimum atomic E-state index is -0.626. The monoisotopic (exact) mass is 339 g/mol. The van der Waals surface area contributed by atoms with Crippen molar-refractivity contribution in [3.8, 4) is 0 Å². The number of methoxy groups -OCH3 is 1. The number of nitrogens with one attached hydrogen (secondary N) is 1. The molecule has 1 amide bonds. The molecule has 0 aliphatic rings. The van der Waals surface area contributed by atoms with Crippen LogP contribution in [0.3, 0.4) is 0 Å². The maximum absolute atomic E-state index is 12.2. The molecule has 0 fully saturated rings. The Labute approximate surface area is 147 Å². The minimum absolute atomic E-state index is 0.0527. The lowest BCUT2D eigenvalue weighted by Gasteiger charge is -2.13. The Hall–Kier alpha value is -2.92. The van der Waals surface area contributed by atoms with Crippen molar-refractivity contribution in [2.45, 2.75) is 19.6 Å². The predicted octanol–water partition coefficient (Wildman–Crippen LogP) is 3.08. The molecule has 0 heterocycles. The highest BCUT2D eigenvalue weighted by Gasteiger charge is 2.16. The zero-order valence-corrected chi connectivity index (χ0v) is 14.3. The first-order valence-electron chi connectivity index (χ1n) is 7.92. The summed E-state index contributed by atoms with van der Waals surface area (Å²) in [5.41, 5.74) is 1.53. The smallest absolute Gasteiger partial charge is 0.354 e. The van der Waals surface area contributed by atoms with Crippen LogP contribution in [-0.4, -0.2) is 25.1 Å². The number of amides is 1. The summed E-state index contributed by atoms with van der Waals surface area (Å²) in [7, 11) is 1.26. The number of hydrogen-bond donors (Lipinski definition) is 1. The van der Waals surface area contributed by atoms with Gasteiger partial charge >= 0.3 is 5.97 Å². The van der Waals surface area contributed by atoms with Crippen molar-refractivity contribution in [1.29, 1.82) is 0 Å². The molecule has 0 aliphatic carbocycles. The summed E-state index contributed by atoms with van der Waals surface area (Å²) in [4.78, 5) is 24.2. The van der Waals surface area contributed by atoms with Crippen molar-refractivity contribution in [2.24, 2.45) is 0 Å². The molecule has 1 atom stereocenters. The van der Waals surface area contributed by atoms with Gasteiger partial charge in [0.2, 0.25) is 0 Å². The van der Waals surface area contributed by atoms with Gasteiger partial charge in [0.15, 0.2) is 0 Å². The van der Waals surface area contributed by atoms with Gasteiger partial charge in [0.25, 0.3) is 5.91 Å². The Morgan fingerprint density at radius 3 is 2.24 bits per heavy atom. The summed E-state index contributed by atoms with van der Waals surface area (Å²) in [6.45, 7) is 2.19. The van der Waals surface area contributed by atoms with E-state index in [4.69, 9.17) is 9.47 Å². The average molecular weight is 339 g/mol. The first-order chi connectivity index (χ1) is 12.1. The van der Waals surface area contributed by atoms with E-state index in [1.807, 2.05) is 36.4 Å². The van der Waals surface area contributed by atoms with Crippen LogP contribution in [0.4, 0.5) is 0 Å². The second kappa shape index (κ2) is 9.39. The number of benzene rings is 2. The van der Waals surface area contributed by atoms with Gasteiger partial charge in [0.1, 0.15) is 5.70 Å². The molecule has 0 aromatic heterocycles. The van der Waals surface area contributed by atoms with E-state index in [1.165, 1.54) is 13.2 Å². The quantitative estimate of drug-likeness (QED) is 0.622. The van der Waals surface area contributed by atoms with E-state index in [9.17, 15) is 9.59 Å². The van der Waals surface area contributed by atoms with Crippen LogP contribution in [0, 0.1) is 0 Å². The van der Waals surface area contributed by atoms with Crippen LogP contribution in [0.1, 0.15) is 22.8 Å². The molecule has 0 spiro atoms. The van der Waals surface area contributed by atoms with E-state index in [0.29, 0.717) is 12.2 Å². The lowest BCUT2D eigenvalue weighted by Crippen LogP contribution is -2.29. The highest BCUT2D eigenvalue weighted by molar-refractivity contribution is 6.01. The second-order valence-corrected chi connectivity index (χ2v) is 5.39. The first-order valence-corrected chi connectivity index (χ1v) is 7.92. The van der Waals surface area contributed by atoms with Gasteiger partial charge in [-0.15, -0.1) is 0 Å². The van der Waals surface area contributed by atoms with Gasteiger partial charge in [-0.2, -0.15) is 0 Å². The SMILES string of the molecule is COC(=O)/C(=C/[C@H](C)OCc1ccccc1)NC(=O)c1ccccc1. The molecule has 2 rings (SSSR count). The molecule has 0 unspecified atom stereocenters. The predicted molar refractivity (Wildman–Crippen MR) is 94.7 cm³/mol. The average Bonchev–Trinajstić information content (AvgIpc) is 2.66. The first kappa shape index (κ1) is 18.4. The molecule has 5 nitrogen and oxygen atoms in total. The van der Waals surface area contributed by atoms with Gasteiger partial charge in [-0.1, -0.05) is 48.5 Å². The lowest BCUT2D eigenvalue weighted by molar-refractivity contribution is -0.136. The summed E-state index contributed by atoms with van der Waals surface area (Å²) >= 11 is 0. The summed E-state index contributed by atoms with van der Waals surface area (Å²) in [5, 5.41) is 2.58. The third-order valence-corrected chi connectivity index (χ3v) is 3.45. The van der Waals surface area contributed by atoms with Gasteiger partial charge in [0.05, 0.1) is 19.8 Å². The maximum Gasteiger partial charge on any atom is 0.354 e. The molecule has 5 heteroatoms. The summed E-state index contributed by atoms with van der Waals surface area (Å²) < 4.78 is 10.4. The van der Waals surface area contributed by atoms with E-state index in [0.717, 1.165) is 5.56 Å². The Morgan fingerprint density at radius 2 is 1.64 bits per heavy atom. The zero-order valence-electron chi connectivity index (χ0n) is 14.3. The van der Waals surface area contributed by atoms with Gasteiger partial charge < -0.3 is 14.8 Å². The Bertz CT molecular complexity index is 726. The minimum Gasteiger partial charge on any atom is -0.464 e. The van der Waals surface area contributed by atoms with E-state index in [2.05, 4.69) is 5.32 Å². The number of carbonyl (C=O) groups excluding carboxylic acids is 2. The van der Waals surface area contributed by atoms with Gasteiger partial charge in [0, 0.05) is 5.56 Å². The molecule has 1 N–H and O–H groups in total. The van der Waals surface area contributed by atoms with E-state index in [-0.39, 0.29) is 17.7 Å². The maximum atomic E-state index is 12.2. The Kier molecular flexibility index (Phi) is 6.92. The molecule has 0 bridgehead atoms. The van der Waals surface area contributed by atoms with Crippen LogP contribution < -0.4 is 5.32 Å². The standard InChI is InChI=1S/C20H21NO4/c1-15(25-14-16-9-5-3-6-10-16)13-18(20(23)24-2)21-19(22)17-11-7-4-8-12-17/h3-13,15H,14H2,1-2H3,(H,21,22)/b18-13-/t15-/m0/s1. The van der Waals surface area contributed by atoms with Crippen LogP contribution in [0.15, 0.2) is 72.4 Å². The van der Waals surface area contributed by atoms with Crippen LogP contribution in [0.2, 0.25) is 0 Å². The fourth-order valence-corrected chi connectivity index (χ4v) is 2.14.